The first kappa shape index (κ1) is 11.4. The van der Waals surface area contributed by atoms with Crippen LogP contribution in [0.4, 0.5) is 0 Å². The third-order valence-corrected chi connectivity index (χ3v) is 3.48. The van der Waals surface area contributed by atoms with Crippen molar-refractivity contribution < 1.29 is 9.53 Å². The Balaban J connectivity index is 2.18. The van der Waals surface area contributed by atoms with E-state index in [4.69, 9.17) is 4.74 Å². The maximum atomic E-state index is 11.7. The van der Waals surface area contributed by atoms with Crippen LogP contribution in [0, 0.1) is 6.92 Å². The fraction of sp³-hybridized carbons (Fsp3) is 0.0833. The highest BCUT2D eigenvalue weighted by Crippen LogP contribution is 2.26. The molecule has 0 aliphatic rings. The van der Waals surface area contributed by atoms with E-state index in [2.05, 4.69) is 15.9 Å². The maximum absolute atomic E-state index is 11.7. The first-order chi connectivity index (χ1) is 7.66. The van der Waals surface area contributed by atoms with Gasteiger partial charge in [0.15, 0.2) is 0 Å². The Morgan fingerprint density at radius 2 is 2.19 bits per heavy atom. The van der Waals surface area contributed by atoms with Crippen LogP contribution in [0.5, 0.6) is 5.75 Å². The summed E-state index contributed by atoms with van der Waals surface area (Å²) >= 11 is 4.73. The van der Waals surface area contributed by atoms with Crippen LogP contribution < -0.4 is 4.74 Å². The van der Waals surface area contributed by atoms with E-state index in [9.17, 15) is 4.79 Å². The van der Waals surface area contributed by atoms with Gasteiger partial charge in [0.05, 0.1) is 4.47 Å². The fourth-order valence-electron chi connectivity index (χ4n) is 1.23. The molecule has 0 amide bonds. The molecule has 16 heavy (non-hydrogen) atoms. The zero-order valence-electron chi connectivity index (χ0n) is 8.57. The number of halogens is 1. The quantitative estimate of drug-likeness (QED) is 0.618. The van der Waals surface area contributed by atoms with Crippen molar-refractivity contribution in [2.45, 2.75) is 6.92 Å². The molecule has 1 heterocycles. The fourth-order valence-corrected chi connectivity index (χ4v) is 2.41. The van der Waals surface area contributed by atoms with Gasteiger partial charge >= 0.3 is 5.97 Å². The van der Waals surface area contributed by atoms with Crippen LogP contribution in [0.1, 0.15) is 15.2 Å². The van der Waals surface area contributed by atoms with Gasteiger partial charge in [-0.2, -0.15) is 0 Å². The molecule has 0 fully saturated rings. The first-order valence-corrected chi connectivity index (χ1v) is 6.36. The predicted octanol–water partition coefficient (Wildman–Crippen LogP) is 4.04. The Labute approximate surface area is 106 Å². The molecule has 0 atom stereocenters. The lowest BCUT2D eigenvalue weighted by Gasteiger charge is -2.05. The smallest absolute Gasteiger partial charge is 0.353 e. The van der Waals surface area contributed by atoms with Gasteiger partial charge in [-0.15, -0.1) is 11.3 Å². The van der Waals surface area contributed by atoms with Gasteiger partial charge in [-0.3, -0.25) is 0 Å². The molecule has 1 aromatic carbocycles. The molecule has 0 bridgehead atoms. The summed E-state index contributed by atoms with van der Waals surface area (Å²) < 4.78 is 6.06. The first-order valence-electron chi connectivity index (χ1n) is 4.68. The molecule has 2 nitrogen and oxygen atoms in total. The number of carbonyl (C=O) groups excluding carboxylic acids is 1. The SMILES string of the molecule is Cc1ccc(OC(=O)c2cccs2)c(Br)c1. The van der Waals surface area contributed by atoms with Crippen molar-refractivity contribution in [1.29, 1.82) is 0 Å². The number of thiophene rings is 1. The van der Waals surface area contributed by atoms with E-state index in [-0.39, 0.29) is 5.97 Å². The normalized spacial score (nSPS) is 10.1. The van der Waals surface area contributed by atoms with Crippen LogP contribution in [0.15, 0.2) is 40.2 Å². The summed E-state index contributed by atoms with van der Waals surface area (Å²) in [5, 5.41) is 1.85. The molecule has 0 aliphatic carbocycles. The second kappa shape index (κ2) is 4.80. The zero-order valence-corrected chi connectivity index (χ0v) is 11.0. The lowest BCUT2D eigenvalue weighted by Crippen LogP contribution is -2.06. The molecule has 0 aliphatic heterocycles. The van der Waals surface area contributed by atoms with E-state index in [0.717, 1.165) is 10.0 Å². The molecule has 0 unspecified atom stereocenters. The zero-order chi connectivity index (χ0) is 11.5. The van der Waals surface area contributed by atoms with Crippen molar-refractivity contribution in [3.8, 4) is 5.75 Å². The number of esters is 1. The summed E-state index contributed by atoms with van der Waals surface area (Å²) in [6.45, 7) is 1.98. The standard InChI is InChI=1S/C12H9BrO2S/c1-8-4-5-10(9(13)7-8)15-12(14)11-3-2-6-16-11/h2-7H,1H3. The molecule has 82 valence electrons. The van der Waals surface area contributed by atoms with E-state index >= 15 is 0 Å². The Kier molecular flexibility index (Phi) is 3.41. The highest BCUT2D eigenvalue weighted by Gasteiger charge is 2.11. The number of rotatable bonds is 2. The van der Waals surface area contributed by atoms with E-state index in [0.29, 0.717) is 10.6 Å². The van der Waals surface area contributed by atoms with Crippen molar-refractivity contribution in [3.05, 3.63) is 50.6 Å². The summed E-state index contributed by atoms with van der Waals surface area (Å²) in [5.41, 5.74) is 1.11. The third-order valence-electron chi connectivity index (χ3n) is 2.01. The Bertz CT molecular complexity index is 506. The summed E-state index contributed by atoms with van der Waals surface area (Å²) in [4.78, 5) is 12.3. The van der Waals surface area contributed by atoms with Crippen LogP contribution >= 0.6 is 27.3 Å². The van der Waals surface area contributed by atoms with Gasteiger partial charge in [-0.05, 0) is 52.0 Å². The molecule has 4 heteroatoms. The molecule has 0 saturated heterocycles. The van der Waals surface area contributed by atoms with Gasteiger partial charge < -0.3 is 4.74 Å². The second-order valence-electron chi connectivity index (χ2n) is 3.30. The molecular weight excluding hydrogens is 288 g/mol. The molecule has 0 N–H and O–H groups in total. The molecule has 1 aromatic heterocycles. The number of benzene rings is 1. The van der Waals surface area contributed by atoms with Gasteiger partial charge in [-0.25, -0.2) is 4.79 Å². The molecule has 2 rings (SSSR count). The minimum absolute atomic E-state index is 0.320. The average Bonchev–Trinajstić information content (AvgIpc) is 2.75. The van der Waals surface area contributed by atoms with Crippen molar-refractivity contribution in [2.24, 2.45) is 0 Å². The van der Waals surface area contributed by atoms with E-state index < -0.39 is 0 Å². The molecular formula is C12H9BrO2S. The topological polar surface area (TPSA) is 26.3 Å². The second-order valence-corrected chi connectivity index (χ2v) is 5.10. The van der Waals surface area contributed by atoms with E-state index in [1.807, 2.05) is 30.5 Å². The van der Waals surface area contributed by atoms with Crippen molar-refractivity contribution in [1.82, 2.24) is 0 Å². The minimum atomic E-state index is -0.320. The van der Waals surface area contributed by atoms with Crippen LogP contribution in [0.3, 0.4) is 0 Å². The maximum Gasteiger partial charge on any atom is 0.353 e. The third kappa shape index (κ3) is 2.51. The highest BCUT2D eigenvalue weighted by molar-refractivity contribution is 9.10. The Hall–Kier alpha value is -1.13. The lowest BCUT2D eigenvalue weighted by molar-refractivity contribution is 0.0738. The average molecular weight is 297 g/mol. The molecule has 2 aromatic rings. The highest BCUT2D eigenvalue weighted by atomic mass is 79.9. The summed E-state index contributed by atoms with van der Waals surface area (Å²) in [6.07, 6.45) is 0. The van der Waals surface area contributed by atoms with E-state index in [1.165, 1.54) is 11.3 Å². The predicted molar refractivity (Wildman–Crippen MR) is 68.2 cm³/mol. The number of carbonyl (C=O) groups is 1. The van der Waals surface area contributed by atoms with Gasteiger partial charge in [0.1, 0.15) is 10.6 Å². The van der Waals surface area contributed by atoms with Crippen LogP contribution in [0.25, 0.3) is 0 Å². The van der Waals surface area contributed by atoms with Crippen molar-refractivity contribution >= 4 is 33.2 Å². The van der Waals surface area contributed by atoms with Crippen LogP contribution in [-0.2, 0) is 0 Å². The van der Waals surface area contributed by atoms with Gasteiger partial charge in [-0.1, -0.05) is 12.1 Å². The van der Waals surface area contributed by atoms with Crippen molar-refractivity contribution in [3.63, 3.8) is 0 Å². The number of ether oxygens (including phenoxy) is 1. The van der Waals surface area contributed by atoms with Crippen LogP contribution in [-0.4, -0.2) is 5.97 Å². The Morgan fingerprint density at radius 3 is 2.81 bits per heavy atom. The van der Waals surface area contributed by atoms with Gasteiger partial charge in [0, 0.05) is 0 Å². The number of hydrogen-bond donors (Lipinski definition) is 0. The molecule has 0 radical (unpaired) electrons. The number of aryl methyl sites for hydroxylation is 1. The molecule has 0 spiro atoms. The van der Waals surface area contributed by atoms with Crippen LogP contribution in [0.2, 0.25) is 0 Å². The van der Waals surface area contributed by atoms with Gasteiger partial charge in [0.2, 0.25) is 0 Å². The Morgan fingerprint density at radius 1 is 1.38 bits per heavy atom. The summed E-state index contributed by atoms with van der Waals surface area (Å²) in [7, 11) is 0. The summed E-state index contributed by atoms with van der Waals surface area (Å²) in [6, 6.07) is 9.17. The monoisotopic (exact) mass is 296 g/mol. The summed E-state index contributed by atoms with van der Waals surface area (Å²) in [5.74, 6) is 0.226. The number of hydrogen-bond acceptors (Lipinski definition) is 3. The lowest BCUT2D eigenvalue weighted by atomic mass is 10.2. The van der Waals surface area contributed by atoms with Crippen molar-refractivity contribution in [2.75, 3.05) is 0 Å². The largest absolute Gasteiger partial charge is 0.421 e. The van der Waals surface area contributed by atoms with E-state index in [1.54, 1.807) is 12.1 Å². The molecule has 0 saturated carbocycles. The minimum Gasteiger partial charge on any atom is -0.421 e. The van der Waals surface area contributed by atoms with Gasteiger partial charge in [0.25, 0.3) is 0 Å².